The predicted molar refractivity (Wildman–Crippen MR) is 82.6 cm³/mol. The Morgan fingerprint density at radius 2 is 2.00 bits per heavy atom. The molecule has 0 saturated heterocycles. The number of aliphatic hydroxyl groups is 1. The first-order chi connectivity index (χ1) is 9.63. The summed E-state index contributed by atoms with van der Waals surface area (Å²) in [6.45, 7) is 2.69. The van der Waals surface area contributed by atoms with Crippen molar-refractivity contribution < 1.29 is 9.84 Å². The number of benzene rings is 2. The van der Waals surface area contributed by atoms with Gasteiger partial charge in [0.05, 0.1) is 0 Å². The lowest BCUT2D eigenvalue weighted by Crippen LogP contribution is -2.26. The summed E-state index contributed by atoms with van der Waals surface area (Å²) in [4.78, 5) is 0. The summed E-state index contributed by atoms with van der Waals surface area (Å²) in [5.41, 5.74) is 2.17. The lowest BCUT2D eigenvalue weighted by molar-refractivity contribution is 0.117. The van der Waals surface area contributed by atoms with E-state index < -0.39 is 6.10 Å². The van der Waals surface area contributed by atoms with Gasteiger partial charge in [-0.15, -0.1) is 0 Å². The molecule has 0 saturated carbocycles. The van der Waals surface area contributed by atoms with Gasteiger partial charge in [-0.1, -0.05) is 29.8 Å². The van der Waals surface area contributed by atoms with E-state index in [4.69, 9.17) is 16.3 Å². The predicted octanol–water partition coefficient (Wildman–Crippen LogP) is 3.50. The highest BCUT2D eigenvalue weighted by molar-refractivity contribution is 6.30. The summed E-state index contributed by atoms with van der Waals surface area (Å²) in [6.07, 6.45) is -0.588. The van der Waals surface area contributed by atoms with Gasteiger partial charge in [-0.2, -0.15) is 0 Å². The molecule has 1 atom stereocenters. The number of ether oxygens (including phenoxy) is 1. The zero-order chi connectivity index (χ0) is 14.4. The lowest BCUT2D eigenvalue weighted by Gasteiger charge is -2.14. The summed E-state index contributed by atoms with van der Waals surface area (Å²) >= 11 is 5.86. The fourth-order valence-corrected chi connectivity index (χ4v) is 1.98. The summed E-state index contributed by atoms with van der Waals surface area (Å²) in [7, 11) is 0. The van der Waals surface area contributed by atoms with E-state index in [1.807, 2.05) is 43.3 Å². The van der Waals surface area contributed by atoms with E-state index in [2.05, 4.69) is 5.32 Å². The summed E-state index contributed by atoms with van der Waals surface area (Å²) < 4.78 is 5.49. The fraction of sp³-hybridized carbons (Fsp3) is 0.250. The molecule has 106 valence electrons. The summed E-state index contributed by atoms with van der Waals surface area (Å²) in [5.74, 6) is 0.659. The highest BCUT2D eigenvalue weighted by atomic mass is 35.5. The Kier molecular flexibility index (Phi) is 5.27. The Morgan fingerprint density at radius 3 is 2.75 bits per heavy atom. The topological polar surface area (TPSA) is 41.5 Å². The van der Waals surface area contributed by atoms with Crippen LogP contribution in [-0.4, -0.2) is 24.4 Å². The van der Waals surface area contributed by atoms with Gasteiger partial charge >= 0.3 is 0 Å². The zero-order valence-electron chi connectivity index (χ0n) is 11.3. The van der Waals surface area contributed by atoms with Crippen molar-refractivity contribution in [2.75, 3.05) is 18.5 Å². The average molecular weight is 292 g/mol. The van der Waals surface area contributed by atoms with Gasteiger partial charge in [0.25, 0.3) is 0 Å². The van der Waals surface area contributed by atoms with Crippen molar-refractivity contribution in [2.45, 2.75) is 13.0 Å². The molecule has 0 spiro atoms. The highest BCUT2D eigenvalue weighted by Crippen LogP contribution is 2.17. The van der Waals surface area contributed by atoms with E-state index >= 15 is 0 Å². The van der Waals surface area contributed by atoms with Gasteiger partial charge in [-0.3, -0.25) is 0 Å². The van der Waals surface area contributed by atoms with Crippen molar-refractivity contribution in [1.29, 1.82) is 0 Å². The highest BCUT2D eigenvalue weighted by Gasteiger charge is 2.05. The quantitative estimate of drug-likeness (QED) is 0.856. The number of anilines is 1. The largest absolute Gasteiger partial charge is 0.491 e. The molecule has 0 aromatic heterocycles. The lowest BCUT2D eigenvalue weighted by atomic mass is 10.2. The Morgan fingerprint density at radius 1 is 1.20 bits per heavy atom. The third kappa shape index (κ3) is 4.76. The van der Waals surface area contributed by atoms with Crippen molar-refractivity contribution in [3.8, 4) is 5.75 Å². The molecule has 0 fully saturated rings. The molecular weight excluding hydrogens is 274 g/mol. The Hall–Kier alpha value is -1.71. The van der Waals surface area contributed by atoms with Crippen molar-refractivity contribution in [1.82, 2.24) is 0 Å². The number of nitrogens with one attached hydrogen (secondary N) is 1. The van der Waals surface area contributed by atoms with E-state index in [0.717, 1.165) is 5.69 Å². The molecule has 0 aliphatic heterocycles. The molecule has 2 N–H and O–H groups in total. The second-order valence-corrected chi connectivity index (χ2v) is 5.11. The second kappa shape index (κ2) is 7.17. The van der Waals surface area contributed by atoms with Crippen LogP contribution in [0.25, 0.3) is 0 Å². The van der Waals surface area contributed by atoms with Gasteiger partial charge in [0, 0.05) is 17.3 Å². The first-order valence-corrected chi connectivity index (χ1v) is 6.88. The maximum absolute atomic E-state index is 9.89. The van der Waals surface area contributed by atoms with E-state index in [-0.39, 0.29) is 6.61 Å². The molecule has 0 aliphatic carbocycles. The number of halogens is 1. The van der Waals surface area contributed by atoms with E-state index in [9.17, 15) is 5.11 Å². The van der Waals surface area contributed by atoms with Crippen LogP contribution in [0.15, 0.2) is 48.5 Å². The Labute approximate surface area is 124 Å². The minimum Gasteiger partial charge on any atom is -0.491 e. The van der Waals surface area contributed by atoms with Crippen molar-refractivity contribution in [2.24, 2.45) is 0 Å². The molecule has 1 unspecified atom stereocenters. The Bertz CT molecular complexity index is 510. The molecule has 2 aromatic rings. The van der Waals surface area contributed by atoms with Crippen molar-refractivity contribution in [3.05, 3.63) is 59.1 Å². The van der Waals surface area contributed by atoms with Crippen LogP contribution >= 0.6 is 11.6 Å². The van der Waals surface area contributed by atoms with Crippen LogP contribution in [0, 0.1) is 6.92 Å². The van der Waals surface area contributed by atoms with E-state index in [0.29, 0.717) is 17.3 Å². The van der Waals surface area contributed by atoms with Crippen LogP contribution < -0.4 is 10.1 Å². The van der Waals surface area contributed by atoms with Crippen LogP contribution in [-0.2, 0) is 0 Å². The number of hydrogen-bond acceptors (Lipinski definition) is 3. The van der Waals surface area contributed by atoms with Gasteiger partial charge in [-0.05, 0) is 42.8 Å². The first kappa shape index (κ1) is 14.7. The third-order valence-electron chi connectivity index (χ3n) is 2.80. The van der Waals surface area contributed by atoms with Crippen LogP contribution in [0.5, 0.6) is 5.75 Å². The monoisotopic (exact) mass is 291 g/mol. The number of hydrogen-bond donors (Lipinski definition) is 2. The van der Waals surface area contributed by atoms with Gasteiger partial charge < -0.3 is 15.2 Å². The summed E-state index contributed by atoms with van der Waals surface area (Å²) in [5, 5.41) is 13.7. The van der Waals surface area contributed by atoms with Gasteiger partial charge in [0.2, 0.25) is 0 Å². The SMILES string of the molecule is Cc1cccc(NCC(O)COc2cccc(Cl)c2)c1. The van der Waals surface area contributed by atoms with Crippen LogP contribution in [0.4, 0.5) is 5.69 Å². The molecular formula is C16H18ClNO2. The fourth-order valence-electron chi connectivity index (χ4n) is 1.80. The minimum absolute atomic E-state index is 0.221. The molecule has 0 bridgehead atoms. The maximum Gasteiger partial charge on any atom is 0.120 e. The zero-order valence-corrected chi connectivity index (χ0v) is 12.1. The average Bonchev–Trinajstić information content (AvgIpc) is 2.43. The van der Waals surface area contributed by atoms with Gasteiger partial charge in [0.15, 0.2) is 0 Å². The van der Waals surface area contributed by atoms with Crippen molar-refractivity contribution in [3.63, 3.8) is 0 Å². The van der Waals surface area contributed by atoms with Crippen LogP contribution in [0.2, 0.25) is 5.02 Å². The molecule has 0 heterocycles. The molecule has 0 amide bonds. The van der Waals surface area contributed by atoms with E-state index in [1.54, 1.807) is 12.1 Å². The van der Waals surface area contributed by atoms with Crippen LogP contribution in [0.1, 0.15) is 5.56 Å². The maximum atomic E-state index is 9.89. The first-order valence-electron chi connectivity index (χ1n) is 6.50. The van der Waals surface area contributed by atoms with Gasteiger partial charge in [0.1, 0.15) is 18.5 Å². The summed E-state index contributed by atoms with van der Waals surface area (Å²) in [6, 6.07) is 15.1. The van der Waals surface area contributed by atoms with Gasteiger partial charge in [-0.25, -0.2) is 0 Å². The molecule has 2 aromatic carbocycles. The molecule has 4 heteroatoms. The number of aryl methyl sites for hydroxylation is 1. The van der Waals surface area contributed by atoms with Crippen molar-refractivity contribution >= 4 is 17.3 Å². The number of rotatable bonds is 6. The molecule has 0 aliphatic rings. The molecule has 0 radical (unpaired) electrons. The molecule has 20 heavy (non-hydrogen) atoms. The number of aliphatic hydroxyl groups excluding tert-OH is 1. The van der Waals surface area contributed by atoms with E-state index in [1.165, 1.54) is 5.56 Å². The standard InChI is InChI=1S/C16H18ClNO2/c1-12-4-2-6-14(8-12)18-10-15(19)11-20-16-7-3-5-13(17)9-16/h2-9,15,18-19H,10-11H2,1H3. The second-order valence-electron chi connectivity index (χ2n) is 4.67. The normalized spacial score (nSPS) is 11.9. The smallest absolute Gasteiger partial charge is 0.120 e. The Balaban J connectivity index is 1.77. The van der Waals surface area contributed by atoms with Crippen LogP contribution in [0.3, 0.4) is 0 Å². The third-order valence-corrected chi connectivity index (χ3v) is 3.03. The minimum atomic E-state index is -0.588. The molecule has 3 nitrogen and oxygen atoms in total. The molecule has 2 rings (SSSR count).